The highest BCUT2D eigenvalue weighted by Crippen LogP contribution is 3.19. The van der Waals surface area contributed by atoms with Crippen molar-refractivity contribution in [1.29, 1.82) is 0 Å². The standard InChI is InChI=1S/C118H132O16/c119-89(120)69-54-79-81(94(129)130)83-75-37-36-71(90(121)122)77-52-68-53-78-72(91(123)124)38-51-107-85-74(93(127)128)57-76-73(92(125)126)55-70-56-80-84(95(131)132)105(58-69)65-97(41-26-14-3-4-15-27-42-97)113(79,105)118-98(43-28-16-5-6-17-29-44-98)66-106(80,118)87-88-112(102-48-33-19-8-10-21-35-50-104(63-102,64-102)115(85,112)108(76)67-96(109(70,87)108)39-24-12-1-2-13-25-40-96)86(111(78,107)101-47-32-23-11-22-30-45-99(107,59-101)60-101)82(68)114(117(88,134)116(83,118)133)103-49-34-20-9-7-18-31-46-100(61-103,62-103)110(75,77)114/h36-38,51-58,133-134H,1-35,39-50,59-67H2,(H,119,120)(H,121,122)(H,123,124)(H,125,126)(H,127,128)(H,129,130)(H,131,132). The van der Waals surface area contributed by atoms with Gasteiger partial charge >= 0.3 is 41.8 Å². The first kappa shape index (κ1) is 82.0. The normalized spacial score (nSPS) is 49.0. The van der Waals surface area contributed by atoms with Gasteiger partial charge in [0, 0.05) is 65.1 Å². The quantitative estimate of drug-likeness (QED) is 0.107. The highest BCUT2D eigenvalue weighted by Gasteiger charge is 3.16. The van der Waals surface area contributed by atoms with Gasteiger partial charge in [-0.05, 0) is 292 Å². The van der Waals surface area contributed by atoms with Crippen molar-refractivity contribution >= 4 is 41.8 Å². The number of fused-ring (bicyclic) bond motifs is 1. The second-order valence-electron chi connectivity index (χ2n) is 51.8. The van der Waals surface area contributed by atoms with E-state index in [0.717, 1.165) is 215 Å². The first-order chi connectivity index (χ1) is 64.6. The summed E-state index contributed by atoms with van der Waals surface area (Å²) < 4.78 is 0. The molecule has 33 aliphatic carbocycles. The second kappa shape index (κ2) is 24.4. The van der Waals surface area contributed by atoms with Gasteiger partial charge in [-0.25, -0.2) is 33.6 Å². The number of hydrogen-bond donors (Lipinski definition) is 9. The molecular weight excluding hydrogens is 1670 g/mol. The minimum Gasteiger partial charge on any atom is -0.478 e. The Kier molecular flexibility index (Phi) is 14.9. The summed E-state index contributed by atoms with van der Waals surface area (Å²) in [5.41, 5.74) is -27.1. The third-order valence-electron chi connectivity index (χ3n) is 49.6. The van der Waals surface area contributed by atoms with E-state index in [-0.39, 0.29) is 56.6 Å². The number of hydrogen-bond acceptors (Lipinski definition) is 9. The van der Waals surface area contributed by atoms with Crippen molar-refractivity contribution in [2.75, 3.05) is 0 Å². The van der Waals surface area contributed by atoms with Crippen LogP contribution in [0.1, 0.15) is 360 Å². The molecule has 0 heterocycles. The van der Waals surface area contributed by atoms with E-state index in [1.54, 1.807) is 12.2 Å². The van der Waals surface area contributed by atoms with Crippen molar-refractivity contribution in [3.63, 3.8) is 0 Å². The van der Waals surface area contributed by atoms with Gasteiger partial charge in [-0.15, -0.1) is 0 Å². The Labute approximate surface area is 785 Å². The van der Waals surface area contributed by atoms with Gasteiger partial charge in [-0.2, -0.15) is 0 Å². The highest BCUT2D eigenvalue weighted by molar-refractivity contribution is 6.10. The van der Waals surface area contributed by atoms with E-state index in [1.165, 1.54) is 0 Å². The number of aliphatic hydroxyl groups is 2. The average Bonchev–Trinajstić information content (AvgIpc) is 1.22. The lowest BCUT2D eigenvalue weighted by Gasteiger charge is -3.01. The molecule has 0 aromatic rings. The maximum atomic E-state index is 21.0. The Morgan fingerprint density at radius 1 is 0.291 bits per heavy atom. The molecule has 0 aliphatic heterocycles. The van der Waals surface area contributed by atoms with Crippen LogP contribution in [-0.2, 0) is 33.6 Å². The van der Waals surface area contributed by atoms with Gasteiger partial charge < -0.3 is 46.0 Å². The van der Waals surface area contributed by atoms with Crippen LogP contribution in [0.3, 0.4) is 0 Å². The van der Waals surface area contributed by atoms with Crippen molar-refractivity contribution in [2.45, 2.75) is 371 Å². The molecule has 0 aromatic carbocycles. The zero-order chi connectivity index (χ0) is 91.0. The zero-order valence-electron chi connectivity index (χ0n) is 78.3. The predicted octanol–water partition coefficient (Wildman–Crippen LogP) is 23.7. The van der Waals surface area contributed by atoms with E-state index < -0.39 is 167 Å². The molecule has 14 atom stereocenters. The predicted molar refractivity (Wildman–Crippen MR) is 497 cm³/mol. The fourth-order valence-electron chi connectivity index (χ4n) is 49.8. The van der Waals surface area contributed by atoms with Gasteiger partial charge in [0.15, 0.2) is 0 Å². The number of aliphatic carboxylic acids is 7. The summed E-state index contributed by atoms with van der Waals surface area (Å²) >= 11 is 0. The Morgan fingerprint density at radius 2 is 0.769 bits per heavy atom. The van der Waals surface area contributed by atoms with Crippen molar-refractivity contribution in [2.24, 2.45) is 114 Å². The number of allylic oxidation sites excluding steroid dienone is 15. The lowest BCUT2D eigenvalue weighted by atomic mass is 9.00. The van der Waals surface area contributed by atoms with E-state index in [0.29, 0.717) is 205 Å². The molecule has 0 radical (unpaired) electrons. The van der Waals surface area contributed by atoms with Crippen LogP contribution >= 0.6 is 0 Å². The van der Waals surface area contributed by atoms with Gasteiger partial charge in [0.05, 0.1) is 44.4 Å². The Hall–Kier alpha value is -7.95. The summed E-state index contributed by atoms with van der Waals surface area (Å²) in [5, 5.41) is 138. The fourth-order valence-corrected chi connectivity index (χ4v) is 49.8. The maximum absolute atomic E-state index is 21.0. The van der Waals surface area contributed by atoms with E-state index >= 15 is 43.8 Å². The molecule has 14 unspecified atom stereocenters. The number of carboxylic acids is 7. The highest BCUT2D eigenvalue weighted by atomic mass is 16.4. The van der Waals surface area contributed by atoms with Crippen molar-refractivity contribution in [1.82, 2.24) is 0 Å². The molecule has 700 valence electrons. The monoisotopic (exact) mass is 1800 g/mol. The number of rotatable bonds is 7. The van der Waals surface area contributed by atoms with Gasteiger partial charge in [0.2, 0.25) is 0 Å². The average molecular weight is 1810 g/mol. The van der Waals surface area contributed by atoms with Crippen LogP contribution < -0.4 is 0 Å². The second-order valence-corrected chi connectivity index (χ2v) is 51.8. The van der Waals surface area contributed by atoms with Crippen LogP contribution in [0.4, 0.5) is 0 Å². The van der Waals surface area contributed by atoms with Gasteiger partial charge in [0.25, 0.3) is 0 Å². The summed E-state index contributed by atoms with van der Waals surface area (Å²) in [6.45, 7) is 0. The maximum Gasteiger partial charge on any atom is 0.336 e. The fraction of sp³-hybridized carbons (Fsp3) is 0.669. The molecule has 13 spiro atoms. The summed E-state index contributed by atoms with van der Waals surface area (Å²) in [5.74, 6) is -8.70. The zero-order valence-corrected chi connectivity index (χ0v) is 78.3. The minimum atomic E-state index is -2.92. The van der Waals surface area contributed by atoms with Crippen LogP contribution in [0.5, 0.6) is 0 Å². The van der Waals surface area contributed by atoms with Crippen LogP contribution in [0, 0.1) is 114 Å². The molecule has 20 fully saturated rings. The van der Waals surface area contributed by atoms with Gasteiger partial charge in [0.1, 0.15) is 11.2 Å². The third kappa shape index (κ3) is 6.87. The minimum absolute atomic E-state index is 0.000377. The molecule has 33 rings (SSSR count). The van der Waals surface area contributed by atoms with E-state index in [1.807, 2.05) is 30.4 Å². The Morgan fingerprint density at radius 3 is 1.28 bits per heavy atom. The summed E-state index contributed by atoms with van der Waals surface area (Å²) in [6.07, 6.45) is 63.5. The molecule has 16 heteroatoms. The third-order valence-corrected chi connectivity index (χ3v) is 49.6. The van der Waals surface area contributed by atoms with Crippen LogP contribution in [0.2, 0.25) is 0 Å². The first-order valence-electron chi connectivity index (χ1n) is 54.4. The molecule has 0 saturated heterocycles. The summed E-state index contributed by atoms with van der Waals surface area (Å²) in [6, 6.07) is 0. The molecule has 33 aliphatic rings. The Bertz CT molecular complexity index is 6360. The Balaban J connectivity index is 0.974. The molecule has 0 amide bonds. The summed E-state index contributed by atoms with van der Waals surface area (Å²) in [4.78, 5) is 119. The lowest BCUT2D eigenvalue weighted by molar-refractivity contribution is -0.462. The molecule has 9 N–H and O–H groups in total. The van der Waals surface area contributed by atoms with Crippen molar-refractivity contribution < 1.29 is 79.5 Å². The van der Waals surface area contributed by atoms with Crippen molar-refractivity contribution in [3.8, 4) is 0 Å². The molecule has 6 bridgehead atoms. The first-order valence-corrected chi connectivity index (χ1v) is 54.4. The summed E-state index contributed by atoms with van der Waals surface area (Å²) in [7, 11) is 0. The molecule has 134 heavy (non-hydrogen) atoms. The topological polar surface area (TPSA) is 302 Å². The van der Waals surface area contributed by atoms with Gasteiger partial charge in [-0.3, -0.25) is 0 Å². The van der Waals surface area contributed by atoms with Crippen LogP contribution in [-0.4, -0.2) is 98.9 Å². The van der Waals surface area contributed by atoms with E-state index in [9.17, 15) is 35.7 Å². The largest absolute Gasteiger partial charge is 0.478 e. The smallest absolute Gasteiger partial charge is 0.336 e. The SMILES string of the molecule is O=C(O)C1=CC23CC4(CCCCCCCC4)C24C(=C1)C(C(=O)O)=C1C2=CC=C(C(=O)O)C5=CC6=CC7=C(C(=O)O)C=CC89C%10=C(C(=O)O)C=C%11C(C(=O)O)=CC%12=CC(=C3C(=O)O)C3%13CC%14(CCCCCCCC%14)C34C1(O)C1(O)C3=C%13C%124C%12(CCCCCCCC%12)CC%114C%104C%10%11CCCCCCCCC(C%10)(C%11)C34C(=C6C13C14CCCCCCCCC(C1)(C4)C523)C78C12CCCCCCCC9(C1)C2. The lowest BCUT2D eigenvalue weighted by Crippen LogP contribution is -3.02. The molecule has 20 saturated carbocycles. The van der Waals surface area contributed by atoms with Crippen LogP contribution in [0.25, 0.3) is 0 Å². The van der Waals surface area contributed by atoms with Crippen LogP contribution in [0.15, 0.2) is 184 Å². The molecular formula is C118H132O16. The van der Waals surface area contributed by atoms with E-state index in [2.05, 4.69) is 24.3 Å². The van der Waals surface area contributed by atoms with Gasteiger partial charge in [-0.1, -0.05) is 255 Å². The molecule has 16 nitrogen and oxygen atoms in total. The number of carboxylic acid groups (broad SMARTS) is 7. The molecule has 0 aromatic heterocycles. The van der Waals surface area contributed by atoms with Crippen molar-refractivity contribution in [3.05, 3.63) is 184 Å². The number of carbonyl (C=O) groups is 7. The van der Waals surface area contributed by atoms with E-state index in [4.69, 9.17) is 0 Å².